The molecule has 3 N–H and O–H groups in total. The van der Waals surface area contributed by atoms with Gasteiger partial charge in [0.2, 0.25) is 11.8 Å². The third-order valence-corrected chi connectivity index (χ3v) is 1.80. The topological polar surface area (TPSA) is 103 Å². The summed E-state index contributed by atoms with van der Waals surface area (Å²) in [6, 6.07) is 3.34. The van der Waals surface area contributed by atoms with Gasteiger partial charge in [0.1, 0.15) is 0 Å². The summed E-state index contributed by atoms with van der Waals surface area (Å²) in [4.78, 5) is 3.98. The first kappa shape index (κ1) is 12.8. The van der Waals surface area contributed by atoms with Crippen molar-refractivity contribution >= 4 is 17.5 Å². The van der Waals surface area contributed by atoms with E-state index in [0.29, 0.717) is 11.6 Å². The molecule has 17 heavy (non-hydrogen) atoms. The summed E-state index contributed by atoms with van der Waals surface area (Å²) < 4.78 is 9.89. The molecule has 0 atom stereocenters. The van der Waals surface area contributed by atoms with E-state index in [4.69, 9.17) is 25.7 Å². The van der Waals surface area contributed by atoms with Gasteiger partial charge in [0.05, 0.1) is 0 Å². The van der Waals surface area contributed by atoms with Crippen LogP contribution in [0.2, 0.25) is 0 Å². The maximum Gasteiger partial charge on any atom is 0.227 e. The smallest absolute Gasteiger partial charge is 0.227 e. The Morgan fingerprint density at radius 1 is 1.24 bits per heavy atom. The molecule has 1 aromatic rings. The molecule has 0 saturated heterocycles. The monoisotopic (exact) mass is 234 g/mol. The zero-order valence-corrected chi connectivity index (χ0v) is 9.70. The van der Waals surface area contributed by atoms with Gasteiger partial charge in [-0.3, -0.25) is 10.8 Å². The van der Waals surface area contributed by atoms with Gasteiger partial charge in [0.15, 0.2) is 12.5 Å². The fraction of sp³-hybridized carbons (Fsp3) is 0.273. The molecule has 6 nitrogen and oxygen atoms in total. The second kappa shape index (κ2) is 5.74. The number of rotatable bonds is 4. The van der Waals surface area contributed by atoms with Gasteiger partial charge in [0, 0.05) is 30.5 Å². The van der Waals surface area contributed by atoms with Crippen LogP contribution in [-0.4, -0.2) is 29.1 Å². The van der Waals surface area contributed by atoms with E-state index in [1.165, 1.54) is 13.1 Å². The van der Waals surface area contributed by atoms with Crippen molar-refractivity contribution in [1.82, 2.24) is 4.98 Å². The van der Waals surface area contributed by atoms with Crippen molar-refractivity contribution in [2.45, 2.75) is 13.8 Å². The van der Waals surface area contributed by atoms with Crippen molar-refractivity contribution in [3.8, 4) is 5.88 Å². The Balaban J connectivity index is 2.50. The van der Waals surface area contributed by atoms with Crippen LogP contribution in [0.4, 0.5) is 0 Å². The summed E-state index contributed by atoms with van der Waals surface area (Å²) >= 11 is 0. The van der Waals surface area contributed by atoms with Crippen molar-refractivity contribution < 1.29 is 9.47 Å². The molecule has 0 amide bonds. The van der Waals surface area contributed by atoms with Crippen LogP contribution in [0.5, 0.6) is 5.88 Å². The average Bonchev–Trinajstić information content (AvgIpc) is 2.26. The molecule has 0 aliphatic heterocycles. The van der Waals surface area contributed by atoms with E-state index < -0.39 is 0 Å². The highest BCUT2D eigenvalue weighted by atomic mass is 16.5. The molecule has 1 heterocycles. The first-order valence-electron chi connectivity index (χ1n) is 4.94. The molecular formula is C11H14N4O2. The van der Waals surface area contributed by atoms with Crippen molar-refractivity contribution in [3.63, 3.8) is 0 Å². The normalized spacial score (nSPS) is 9.53. The van der Waals surface area contributed by atoms with Gasteiger partial charge >= 0.3 is 0 Å². The quantitative estimate of drug-likeness (QED) is 0.547. The summed E-state index contributed by atoms with van der Waals surface area (Å²) in [5.41, 5.74) is 1.15. The van der Waals surface area contributed by atoms with E-state index in [9.17, 15) is 0 Å². The highest BCUT2D eigenvalue weighted by Crippen LogP contribution is 2.07. The van der Waals surface area contributed by atoms with Crippen molar-refractivity contribution in [1.29, 1.82) is 16.2 Å². The predicted molar refractivity (Wildman–Crippen MR) is 64.4 cm³/mol. The summed E-state index contributed by atoms with van der Waals surface area (Å²) in [6.45, 7) is 3.04. The van der Waals surface area contributed by atoms with Gasteiger partial charge < -0.3 is 14.9 Å². The Labute approximate surface area is 99.1 Å². The van der Waals surface area contributed by atoms with Crippen LogP contribution in [0.25, 0.3) is 0 Å². The standard InChI is InChI=1S/C11H14N4O2/c1-7(12)9-3-4-11(15-5-9)16-6-10(14)17-8(2)13/h3-5,12-14H,6H2,1-2H3. The van der Waals surface area contributed by atoms with Crippen LogP contribution >= 0.6 is 0 Å². The average molecular weight is 234 g/mol. The Bertz CT molecular complexity index is 439. The maximum atomic E-state index is 7.39. The minimum absolute atomic E-state index is 0.0543. The molecule has 90 valence electrons. The lowest BCUT2D eigenvalue weighted by atomic mass is 10.2. The molecule has 0 saturated carbocycles. The highest BCUT2D eigenvalue weighted by Gasteiger charge is 2.03. The van der Waals surface area contributed by atoms with Gasteiger partial charge in [0.25, 0.3) is 0 Å². The molecule has 0 aromatic carbocycles. The van der Waals surface area contributed by atoms with E-state index in [1.54, 1.807) is 19.1 Å². The van der Waals surface area contributed by atoms with Gasteiger partial charge in [-0.15, -0.1) is 0 Å². The van der Waals surface area contributed by atoms with Crippen LogP contribution in [0, 0.1) is 16.2 Å². The Morgan fingerprint density at radius 2 is 1.94 bits per heavy atom. The number of hydrogen-bond acceptors (Lipinski definition) is 6. The van der Waals surface area contributed by atoms with E-state index in [2.05, 4.69) is 4.98 Å². The molecule has 0 aliphatic carbocycles. The van der Waals surface area contributed by atoms with Gasteiger partial charge in [-0.05, 0) is 13.0 Å². The third kappa shape index (κ3) is 4.42. The minimum Gasteiger partial charge on any atom is -0.468 e. The molecule has 1 rings (SSSR count). The molecular weight excluding hydrogens is 220 g/mol. The second-order valence-electron chi connectivity index (χ2n) is 3.38. The molecule has 0 bridgehead atoms. The Morgan fingerprint density at radius 3 is 2.41 bits per heavy atom. The number of pyridine rings is 1. The summed E-state index contributed by atoms with van der Waals surface area (Å²) in [5.74, 6) is 0.152. The van der Waals surface area contributed by atoms with E-state index in [-0.39, 0.29) is 18.4 Å². The fourth-order valence-corrected chi connectivity index (χ4v) is 1.04. The molecule has 0 unspecified atom stereocenters. The minimum atomic E-state index is -0.147. The molecule has 6 heteroatoms. The first-order chi connectivity index (χ1) is 7.99. The van der Waals surface area contributed by atoms with Gasteiger partial charge in [-0.1, -0.05) is 0 Å². The van der Waals surface area contributed by atoms with Crippen molar-refractivity contribution in [3.05, 3.63) is 23.9 Å². The molecule has 1 aromatic heterocycles. The molecule has 0 radical (unpaired) electrons. The van der Waals surface area contributed by atoms with E-state index >= 15 is 0 Å². The molecule has 0 fully saturated rings. The second-order valence-corrected chi connectivity index (χ2v) is 3.38. The first-order valence-corrected chi connectivity index (χ1v) is 4.94. The van der Waals surface area contributed by atoms with Crippen LogP contribution < -0.4 is 4.74 Å². The summed E-state index contributed by atoms with van der Waals surface area (Å²) in [7, 11) is 0. The summed E-state index contributed by atoms with van der Waals surface area (Å²) in [6.07, 6.45) is 1.53. The van der Waals surface area contributed by atoms with Crippen LogP contribution in [-0.2, 0) is 4.74 Å². The third-order valence-electron chi connectivity index (χ3n) is 1.80. The zero-order valence-electron chi connectivity index (χ0n) is 9.70. The SMILES string of the molecule is CC(=N)OC(=N)COc1ccc(C(C)=N)cn1. The van der Waals surface area contributed by atoms with E-state index in [0.717, 1.165) is 5.56 Å². The largest absolute Gasteiger partial charge is 0.468 e. The maximum absolute atomic E-state index is 7.39. The lowest BCUT2D eigenvalue weighted by Gasteiger charge is -2.07. The van der Waals surface area contributed by atoms with Gasteiger partial charge in [-0.2, -0.15) is 0 Å². The molecule has 0 spiro atoms. The van der Waals surface area contributed by atoms with Crippen LogP contribution in [0.15, 0.2) is 18.3 Å². The number of hydrogen-bond donors (Lipinski definition) is 3. The number of aromatic nitrogens is 1. The lowest BCUT2D eigenvalue weighted by Crippen LogP contribution is -2.16. The summed E-state index contributed by atoms with van der Waals surface area (Å²) in [5, 5.41) is 21.7. The predicted octanol–water partition coefficient (Wildman–Crippen LogP) is 1.84. The fourth-order valence-electron chi connectivity index (χ4n) is 1.04. The zero-order chi connectivity index (χ0) is 12.8. The van der Waals surface area contributed by atoms with Crippen LogP contribution in [0.3, 0.4) is 0 Å². The number of ether oxygens (including phenoxy) is 2. The van der Waals surface area contributed by atoms with Crippen molar-refractivity contribution in [2.24, 2.45) is 0 Å². The van der Waals surface area contributed by atoms with Gasteiger partial charge in [-0.25, -0.2) is 4.98 Å². The van der Waals surface area contributed by atoms with Crippen molar-refractivity contribution in [2.75, 3.05) is 6.61 Å². The Hall–Kier alpha value is -2.24. The number of nitrogens with one attached hydrogen (secondary N) is 3. The lowest BCUT2D eigenvalue weighted by molar-refractivity contribution is 0.331. The molecule has 0 aliphatic rings. The van der Waals surface area contributed by atoms with E-state index in [1.807, 2.05) is 0 Å². The Kier molecular flexibility index (Phi) is 4.33. The number of nitrogens with zero attached hydrogens (tertiary/aromatic N) is 1. The van der Waals surface area contributed by atoms with Crippen LogP contribution in [0.1, 0.15) is 19.4 Å². The highest BCUT2D eigenvalue weighted by molar-refractivity contribution is 5.95.